The van der Waals surface area contributed by atoms with E-state index in [1.807, 2.05) is 56.6 Å². The zero-order chi connectivity index (χ0) is 23.7. The van der Waals surface area contributed by atoms with E-state index in [1.54, 1.807) is 21.5 Å². The van der Waals surface area contributed by atoms with Crippen LogP contribution in [0.1, 0.15) is 22.3 Å². The van der Waals surface area contributed by atoms with Gasteiger partial charge in [0.2, 0.25) is 5.91 Å². The first-order valence-corrected chi connectivity index (χ1v) is 10.0. The molecule has 0 aliphatic rings. The number of primary amides is 1. The summed E-state index contributed by atoms with van der Waals surface area (Å²) in [5, 5.41) is 18.1. The van der Waals surface area contributed by atoms with E-state index in [0.717, 1.165) is 22.4 Å². The van der Waals surface area contributed by atoms with Crippen molar-refractivity contribution in [2.24, 2.45) is 12.8 Å². The van der Waals surface area contributed by atoms with Gasteiger partial charge in [0, 0.05) is 67.1 Å². The summed E-state index contributed by atoms with van der Waals surface area (Å²) >= 11 is 0. The quantitative estimate of drug-likeness (QED) is 0.392. The summed E-state index contributed by atoms with van der Waals surface area (Å²) in [7, 11) is 5.59. The molecule has 3 aromatic heterocycles. The van der Waals surface area contributed by atoms with Gasteiger partial charge in [-0.15, -0.1) is 0 Å². The topological polar surface area (TPSA) is 105 Å². The average molecular weight is 435 g/mol. The van der Waals surface area contributed by atoms with Crippen molar-refractivity contribution < 1.29 is 4.79 Å². The molecular formula is C25H21N7O. The second-order valence-electron chi connectivity index (χ2n) is 7.73. The molecule has 0 unspecified atom stereocenters. The number of amides is 1. The van der Waals surface area contributed by atoms with E-state index >= 15 is 0 Å². The van der Waals surface area contributed by atoms with Gasteiger partial charge in [-0.05, 0) is 18.2 Å². The number of nitrogens with two attached hydrogens (primary N) is 1. The maximum absolute atomic E-state index is 11.6. The molecule has 0 aliphatic heterocycles. The number of aromatic nitrogens is 4. The van der Waals surface area contributed by atoms with Gasteiger partial charge in [-0.1, -0.05) is 24.5 Å². The van der Waals surface area contributed by atoms with Gasteiger partial charge in [0.25, 0.3) is 0 Å². The molecule has 0 saturated carbocycles. The van der Waals surface area contributed by atoms with Gasteiger partial charge in [0.15, 0.2) is 0 Å². The summed E-state index contributed by atoms with van der Waals surface area (Å²) in [6, 6.07) is 9.58. The first-order chi connectivity index (χ1) is 15.8. The molecule has 2 N–H and O–H groups in total. The zero-order valence-corrected chi connectivity index (χ0v) is 18.5. The number of fused-ring (bicyclic) bond motifs is 1. The number of hydrogen-bond donors (Lipinski definition) is 1. The monoisotopic (exact) mass is 435 g/mol. The van der Waals surface area contributed by atoms with Crippen LogP contribution in [-0.4, -0.2) is 39.4 Å². The molecule has 4 rings (SSSR count). The SMILES string of the molecule is C=C(C(N)=O)c1ccc(C#Cc2cc(-c3cnn(C)c3)cn3ncc(C#N)c23)cc1N(C)C. The third-order valence-electron chi connectivity index (χ3n) is 5.21. The van der Waals surface area contributed by atoms with E-state index in [4.69, 9.17) is 5.73 Å². The van der Waals surface area contributed by atoms with Crippen molar-refractivity contribution in [3.8, 4) is 29.0 Å². The summed E-state index contributed by atoms with van der Waals surface area (Å²) < 4.78 is 3.38. The van der Waals surface area contributed by atoms with Crippen LogP contribution in [0.5, 0.6) is 0 Å². The molecule has 0 radical (unpaired) electrons. The number of nitriles is 1. The molecule has 8 nitrogen and oxygen atoms in total. The molecule has 33 heavy (non-hydrogen) atoms. The van der Waals surface area contributed by atoms with Gasteiger partial charge in [-0.2, -0.15) is 15.5 Å². The van der Waals surface area contributed by atoms with Gasteiger partial charge >= 0.3 is 0 Å². The Morgan fingerprint density at radius 1 is 1.09 bits per heavy atom. The molecule has 162 valence electrons. The Morgan fingerprint density at radius 3 is 2.52 bits per heavy atom. The van der Waals surface area contributed by atoms with Crippen LogP contribution >= 0.6 is 0 Å². The van der Waals surface area contributed by atoms with Crippen LogP contribution in [-0.2, 0) is 11.8 Å². The maximum Gasteiger partial charge on any atom is 0.248 e. The molecule has 8 heteroatoms. The third kappa shape index (κ3) is 4.06. The predicted molar refractivity (Wildman–Crippen MR) is 127 cm³/mol. The lowest BCUT2D eigenvalue weighted by molar-refractivity contribution is -0.112. The summed E-state index contributed by atoms with van der Waals surface area (Å²) in [6.45, 7) is 3.79. The number of rotatable bonds is 4. The van der Waals surface area contributed by atoms with Crippen molar-refractivity contribution >= 4 is 22.7 Å². The molecule has 3 heterocycles. The highest BCUT2D eigenvalue weighted by molar-refractivity contribution is 6.19. The van der Waals surface area contributed by atoms with Crippen LogP contribution in [0.4, 0.5) is 5.69 Å². The molecule has 0 atom stereocenters. The lowest BCUT2D eigenvalue weighted by Gasteiger charge is -2.18. The third-order valence-corrected chi connectivity index (χ3v) is 5.21. The Hall–Kier alpha value is -4.82. The number of carbonyl (C=O) groups excluding carboxylic acids is 1. The standard InChI is InChI=1S/C25H21N7O/c1-16(25(27)33)22-8-6-17(9-23(22)30(2)3)5-7-18-10-19(21-13-28-31(4)14-21)15-32-24(18)20(11-26)12-29-32/h6,8-10,12-15H,1H2,2-4H3,(H2,27,33). The van der Waals surface area contributed by atoms with E-state index in [1.165, 1.54) is 6.20 Å². The molecule has 0 bridgehead atoms. The summed E-state index contributed by atoms with van der Waals surface area (Å²) in [5.41, 5.74) is 11.4. The minimum Gasteiger partial charge on any atom is -0.377 e. The first kappa shape index (κ1) is 21.4. The fraction of sp³-hybridized carbons (Fsp3) is 0.120. The van der Waals surface area contributed by atoms with E-state index in [2.05, 4.69) is 34.7 Å². The van der Waals surface area contributed by atoms with Crippen LogP contribution in [0.3, 0.4) is 0 Å². The predicted octanol–water partition coefficient (Wildman–Crippen LogP) is 2.57. The van der Waals surface area contributed by atoms with Gasteiger partial charge in [-0.25, -0.2) is 4.52 Å². The minimum absolute atomic E-state index is 0.238. The van der Waals surface area contributed by atoms with Gasteiger partial charge in [0.1, 0.15) is 6.07 Å². The lowest BCUT2D eigenvalue weighted by Crippen LogP contribution is -2.16. The Bertz CT molecular complexity index is 1520. The molecule has 0 spiro atoms. The fourth-order valence-corrected chi connectivity index (χ4v) is 3.53. The van der Waals surface area contributed by atoms with Crippen molar-refractivity contribution in [2.45, 2.75) is 0 Å². The van der Waals surface area contributed by atoms with E-state index in [9.17, 15) is 10.1 Å². The second kappa shape index (κ2) is 8.37. The Balaban J connectivity index is 1.85. The number of aryl methyl sites for hydroxylation is 1. The molecule has 0 aliphatic carbocycles. The summed E-state index contributed by atoms with van der Waals surface area (Å²) in [4.78, 5) is 13.5. The summed E-state index contributed by atoms with van der Waals surface area (Å²) in [6.07, 6.45) is 7.05. The smallest absolute Gasteiger partial charge is 0.248 e. The number of benzene rings is 1. The van der Waals surface area contributed by atoms with E-state index < -0.39 is 5.91 Å². The minimum atomic E-state index is -0.573. The van der Waals surface area contributed by atoms with Crippen molar-refractivity contribution in [1.29, 1.82) is 5.26 Å². The molecule has 0 fully saturated rings. The zero-order valence-electron chi connectivity index (χ0n) is 18.5. The Kier molecular flexibility index (Phi) is 5.43. The maximum atomic E-state index is 11.6. The Labute approximate surface area is 191 Å². The number of anilines is 1. The highest BCUT2D eigenvalue weighted by Crippen LogP contribution is 2.27. The van der Waals surface area contributed by atoms with Crippen molar-refractivity contribution in [2.75, 3.05) is 19.0 Å². The Morgan fingerprint density at radius 2 is 1.88 bits per heavy atom. The van der Waals surface area contributed by atoms with Crippen LogP contribution in [0, 0.1) is 23.2 Å². The largest absolute Gasteiger partial charge is 0.377 e. The summed E-state index contributed by atoms with van der Waals surface area (Å²) in [5.74, 6) is 5.80. The highest BCUT2D eigenvalue weighted by atomic mass is 16.1. The molecule has 1 aromatic carbocycles. The highest BCUT2D eigenvalue weighted by Gasteiger charge is 2.14. The molecular weight excluding hydrogens is 414 g/mol. The normalized spacial score (nSPS) is 10.4. The van der Waals surface area contributed by atoms with Crippen LogP contribution < -0.4 is 10.6 Å². The fourth-order valence-electron chi connectivity index (χ4n) is 3.53. The lowest BCUT2D eigenvalue weighted by atomic mass is 10.0. The number of carbonyl (C=O) groups is 1. The number of hydrogen-bond acceptors (Lipinski definition) is 5. The van der Waals surface area contributed by atoms with E-state index in [0.29, 0.717) is 22.2 Å². The molecule has 0 saturated heterocycles. The van der Waals surface area contributed by atoms with Crippen LogP contribution in [0.25, 0.3) is 22.2 Å². The van der Waals surface area contributed by atoms with Crippen molar-refractivity contribution in [3.05, 3.63) is 77.9 Å². The van der Waals surface area contributed by atoms with Crippen molar-refractivity contribution in [1.82, 2.24) is 19.4 Å². The average Bonchev–Trinajstić information content (AvgIpc) is 3.42. The first-order valence-electron chi connectivity index (χ1n) is 10.0. The van der Waals surface area contributed by atoms with Crippen LogP contribution in [0.15, 0.2) is 55.6 Å². The second-order valence-corrected chi connectivity index (χ2v) is 7.73. The van der Waals surface area contributed by atoms with Crippen molar-refractivity contribution in [3.63, 3.8) is 0 Å². The molecule has 1 amide bonds. The molecule has 4 aromatic rings. The number of nitrogens with zero attached hydrogens (tertiary/aromatic N) is 6. The van der Waals surface area contributed by atoms with Gasteiger partial charge < -0.3 is 10.6 Å². The van der Waals surface area contributed by atoms with E-state index in [-0.39, 0.29) is 5.57 Å². The number of pyridine rings is 1. The van der Waals surface area contributed by atoms with Crippen LogP contribution in [0.2, 0.25) is 0 Å². The van der Waals surface area contributed by atoms with Gasteiger partial charge in [-0.3, -0.25) is 9.48 Å². The van der Waals surface area contributed by atoms with Gasteiger partial charge in [0.05, 0.1) is 29.0 Å².